The van der Waals surface area contributed by atoms with Crippen LogP contribution in [0, 0.1) is 13.8 Å². The van der Waals surface area contributed by atoms with E-state index in [1.165, 1.54) is 23.2 Å². The lowest BCUT2D eigenvalue weighted by molar-refractivity contribution is 0.682. The Morgan fingerprint density at radius 2 is 1.93 bits per heavy atom. The summed E-state index contributed by atoms with van der Waals surface area (Å²) in [5, 5.41) is 3.42. The molecule has 1 atom stereocenters. The van der Waals surface area contributed by atoms with E-state index in [9.17, 15) is 0 Å². The number of para-hydroxylation sites is 1. The van der Waals surface area contributed by atoms with E-state index in [1.807, 2.05) is 0 Å². The van der Waals surface area contributed by atoms with Gasteiger partial charge in [-0.25, -0.2) is 0 Å². The van der Waals surface area contributed by atoms with Crippen molar-refractivity contribution in [1.29, 1.82) is 0 Å². The van der Waals surface area contributed by atoms with Gasteiger partial charge in [0.2, 0.25) is 0 Å². The van der Waals surface area contributed by atoms with Crippen LogP contribution in [0.2, 0.25) is 0 Å². The fourth-order valence-electron chi connectivity index (χ4n) is 2.51. The van der Waals surface area contributed by atoms with Crippen molar-refractivity contribution in [2.45, 2.75) is 26.3 Å². The second-order valence-electron chi connectivity index (χ2n) is 4.50. The minimum atomic E-state index is 0.657. The molecule has 1 fully saturated rings. The smallest absolute Gasteiger partial charge is 0.0425 e. The zero-order valence-electron chi connectivity index (χ0n) is 9.88. The van der Waals surface area contributed by atoms with E-state index in [2.05, 4.69) is 49.3 Å². The molecule has 2 nitrogen and oxygen atoms in total. The molecule has 1 unspecified atom stereocenters. The summed E-state index contributed by atoms with van der Waals surface area (Å²) < 4.78 is 0. The van der Waals surface area contributed by atoms with Gasteiger partial charge in [0.25, 0.3) is 0 Å². The molecule has 0 radical (unpaired) electrons. The van der Waals surface area contributed by atoms with Gasteiger partial charge < -0.3 is 10.2 Å². The van der Waals surface area contributed by atoms with Crippen LogP contribution in [0.15, 0.2) is 18.2 Å². The van der Waals surface area contributed by atoms with Gasteiger partial charge in [0.05, 0.1) is 0 Å². The Kier molecular flexibility index (Phi) is 2.96. The molecule has 1 heterocycles. The average molecular weight is 204 g/mol. The van der Waals surface area contributed by atoms with Crippen molar-refractivity contribution in [3.63, 3.8) is 0 Å². The van der Waals surface area contributed by atoms with Gasteiger partial charge in [0.1, 0.15) is 0 Å². The molecule has 0 spiro atoms. The summed E-state index contributed by atoms with van der Waals surface area (Å²) >= 11 is 0. The first-order valence-electron chi connectivity index (χ1n) is 5.70. The van der Waals surface area contributed by atoms with Crippen LogP contribution in [0.25, 0.3) is 0 Å². The summed E-state index contributed by atoms with van der Waals surface area (Å²) in [7, 11) is 2.22. The Morgan fingerprint density at radius 1 is 1.27 bits per heavy atom. The molecule has 2 heteroatoms. The fourth-order valence-corrected chi connectivity index (χ4v) is 2.51. The van der Waals surface area contributed by atoms with Gasteiger partial charge in [0.15, 0.2) is 0 Å². The number of rotatable bonds is 2. The van der Waals surface area contributed by atoms with Crippen molar-refractivity contribution in [3.05, 3.63) is 29.3 Å². The molecule has 2 rings (SSSR count). The molecule has 1 aliphatic rings. The van der Waals surface area contributed by atoms with Gasteiger partial charge in [0, 0.05) is 25.3 Å². The number of benzene rings is 1. The predicted molar refractivity (Wildman–Crippen MR) is 65.6 cm³/mol. The normalized spacial score (nSPS) is 20.6. The summed E-state index contributed by atoms with van der Waals surface area (Å²) in [5.41, 5.74) is 4.17. The average Bonchev–Trinajstić information content (AvgIpc) is 2.69. The highest BCUT2D eigenvalue weighted by atomic mass is 15.2. The molecule has 0 aromatic heterocycles. The number of likely N-dealkylation sites (N-methyl/N-ethyl adjacent to an activating group) is 1. The standard InChI is InChI=1S/C13H20N2/c1-10-5-4-6-11(2)13(10)15(3)12-7-8-14-9-12/h4-6,12,14H,7-9H2,1-3H3. The Balaban J connectivity index is 2.27. The summed E-state index contributed by atoms with van der Waals surface area (Å²) in [6.07, 6.45) is 1.25. The molecule has 1 aromatic rings. The molecule has 82 valence electrons. The molecule has 1 saturated heterocycles. The molecule has 1 aliphatic heterocycles. The van der Waals surface area contributed by atoms with Gasteiger partial charge in [-0.3, -0.25) is 0 Å². The number of hydrogen-bond donors (Lipinski definition) is 1. The van der Waals surface area contributed by atoms with Gasteiger partial charge in [-0.15, -0.1) is 0 Å². The van der Waals surface area contributed by atoms with Crippen LogP contribution in [0.4, 0.5) is 5.69 Å². The molecule has 0 aliphatic carbocycles. The van der Waals surface area contributed by atoms with Crippen LogP contribution >= 0.6 is 0 Å². The van der Waals surface area contributed by atoms with Crippen molar-refractivity contribution >= 4 is 5.69 Å². The number of hydrogen-bond acceptors (Lipinski definition) is 2. The third-order valence-corrected chi connectivity index (χ3v) is 3.37. The molecule has 15 heavy (non-hydrogen) atoms. The number of nitrogens with one attached hydrogen (secondary N) is 1. The van der Waals surface area contributed by atoms with Gasteiger partial charge in [-0.1, -0.05) is 18.2 Å². The lowest BCUT2D eigenvalue weighted by Gasteiger charge is -2.29. The lowest BCUT2D eigenvalue weighted by atomic mass is 10.1. The molecule has 0 amide bonds. The van der Waals surface area contributed by atoms with E-state index in [1.54, 1.807) is 0 Å². The fraction of sp³-hybridized carbons (Fsp3) is 0.538. The van der Waals surface area contributed by atoms with Crippen LogP contribution in [-0.2, 0) is 0 Å². The van der Waals surface area contributed by atoms with Gasteiger partial charge in [-0.05, 0) is 37.9 Å². The molecule has 0 saturated carbocycles. The topological polar surface area (TPSA) is 15.3 Å². The Bertz CT molecular complexity index is 320. The van der Waals surface area contributed by atoms with Crippen LogP contribution < -0.4 is 10.2 Å². The van der Waals surface area contributed by atoms with Crippen molar-refractivity contribution in [1.82, 2.24) is 5.32 Å². The van der Waals surface area contributed by atoms with Crippen LogP contribution in [0.3, 0.4) is 0 Å². The van der Waals surface area contributed by atoms with E-state index in [0.29, 0.717) is 6.04 Å². The quantitative estimate of drug-likeness (QED) is 0.793. The third-order valence-electron chi connectivity index (χ3n) is 3.37. The van der Waals surface area contributed by atoms with Crippen molar-refractivity contribution in [3.8, 4) is 0 Å². The van der Waals surface area contributed by atoms with E-state index < -0.39 is 0 Å². The number of nitrogens with zero attached hydrogens (tertiary/aromatic N) is 1. The summed E-state index contributed by atoms with van der Waals surface area (Å²) in [6.45, 7) is 6.66. The largest absolute Gasteiger partial charge is 0.370 e. The lowest BCUT2D eigenvalue weighted by Crippen LogP contribution is -2.34. The number of anilines is 1. The maximum absolute atomic E-state index is 3.42. The van der Waals surface area contributed by atoms with Gasteiger partial charge in [-0.2, -0.15) is 0 Å². The highest BCUT2D eigenvalue weighted by Crippen LogP contribution is 2.26. The van der Waals surface area contributed by atoms with Crippen molar-refractivity contribution in [2.75, 3.05) is 25.0 Å². The molecule has 0 bridgehead atoms. The number of aryl methyl sites for hydroxylation is 2. The monoisotopic (exact) mass is 204 g/mol. The second-order valence-corrected chi connectivity index (χ2v) is 4.50. The Labute approximate surface area is 92.3 Å². The van der Waals surface area contributed by atoms with E-state index >= 15 is 0 Å². The summed E-state index contributed by atoms with van der Waals surface area (Å²) in [4.78, 5) is 2.44. The highest BCUT2D eigenvalue weighted by Gasteiger charge is 2.21. The molecule has 1 aromatic carbocycles. The second kappa shape index (κ2) is 4.23. The van der Waals surface area contributed by atoms with E-state index in [0.717, 1.165) is 13.1 Å². The Hall–Kier alpha value is -1.02. The van der Waals surface area contributed by atoms with Gasteiger partial charge >= 0.3 is 0 Å². The van der Waals surface area contributed by atoms with Crippen molar-refractivity contribution in [2.24, 2.45) is 0 Å². The third kappa shape index (κ3) is 2.00. The first-order valence-corrected chi connectivity index (χ1v) is 5.70. The first-order chi connectivity index (χ1) is 7.20. The SMILES string of the molecule is Cc1cccc(C)c1N(C)C1CCNC1. The first kappa shape index (κ1) is 10.5. The Morgan fingerprint density at radius 3 is 2.47 bits per heavy atom. The molecular weight excluding hydrogens is 184 g/mol. The minimum Gasteiger partial charge on any atom is -0.370 e. The minimum absolute atomic E-state index is 0.657. The van der Waals surface area contributed by atoms with Crippen LogP contribution in [-0.4, -0.2) is 26.2 Å². The maximum atomic E-state index is 3.42. The van der Waals surface area contributed by atoms with Crippen LogP contribution in [0.1, 0.15) is 17.5 Å². The maximum Gasteiger partial charge on any atom is 0.0425 e. The van der Waals surface area contributed by atoms with Crippen molar-refractivity contribution < 1.29 is 0 Å². The van der Waals surface area contributed by atoms with Crippen LogP contribution in [0.5, 0.6) is 0 Å². The van der Waals surface area contributed by atoms with E-state index in [-0.39, 0.29) is 0 Å². The molecule has 1 N–H and O–H groups in total. The molecular formula is C13H20N2. The summed E-state index contributed by atoms with van der Waals surface area (Å²) in [6, 6.07) is 7.18. The predicted octanol–water partition coefficient (Wildman–Crippen LogP) is 2.10. The van der Waals surface area contributed by atoms with E-state index in [4.69, 9.17) is 0 Å². The highest BCUT2D eigenvalue weighted by molar-refractivity contribution is 5.59. The summed E-state index contributed by atoms with van der Waals surface area (Å²) in [5.74, 6) is 0. The zero-order chi connectivity index (χ0) is 10.8. The zero-order valence-corrected chi connectivity index (χ0v) is 9.88.